The van der Waals surface area contributed by atoms with Crippen LogP contribution in [0.5, 0.6) is 0 Å². The van der Waals surface area contributed by atoms with E-state index in [1.165, 1.54) is 116 Å². The molecule has 0 aromatic rings. The Morgan fingerprint density at radius 3 is 0.882 bits per heavy atom. The van der Waals surface area contributed by atoms with Gasteiger partial charge in [-0.1, -0.05) is 298 Å². The van der Waals surface area contributed by atoms with E-state index in [1.54, 1.807) is 0 Å². The maximum absolute atomic E-state index is 13.1. The molecule has 0 aliphatic rings. The average molecular weight is 1480 g/mol. The summed E-state index contributed by atoms with van der Waals surface area (Å²) in [6.07, 6.45) is 80.8. The average Bonchev–Trinajstić information content (AvgIpc) is 0.924. The molecular formula is C83H144O17P2. The Labute approximate surface area is 619 Å². The van der Waals surface area contributed by atoms with Crippen LogP contribution >= 0.6 is 15.6 Å². The normalized spacial score (nSPS) is 14.5. The summed E-state index contributed by atoms with van der Waals surface area (Å²) in [6, 6.07) is 0. The molecule has 0 saturated heterocycles. The van der Waals surface area contributed by atoms with Crippen molar-refractivity contribution in [3.8, 4) is 0 Å². The van der Waals surface area contributed by atoms with E-state index in [4.69, 9.17) is 37.0 Å². The number of carbonyl (C=O) groups is 4. The predicted molar refractivity (Wildman–Crippen MR) is 418 cm³/mol. The highest BCUT2D eigenvalue weighted by molar-refractivity contribution is 7.47. The van der Waals surface area contributed by atoms with Crippen molar-refractivity contribution in [3.05, 3.63) is 109 Å². The summed E-state index contributed by atoms with van der Waals surface area (Å²) in [5.41, 5.74) is 0. The number of carbonyl (C=O) groups excluding carboxylic acids is 4. The number of unbranched alkanes of at least 4 members (excludes halogenated alkanes) is 31. The summed E-state index contributed by atoms with van der Waals surface area (Å²) in [7, 11) is -9.98. The van der Waals surface area contributed by atoms with Gasteiger partial charge < -0.3 is 33.8 Å². The first-order valence-electron chi connectivity index (χ1n) is 40.1. The Hall–Kier alpha value is -4.28. The second-order valence-corrected chi connectivity index (χ2v) is 29.5. The summed E-state index contributed by atoms with van der Waals surface area (Å²) in [5.74, 6) is -2.28. The molecule has 5 atom stereocenters. The Bertz CT molecular complexity index is 2360. The second-order valence-electron chi connectivity index (χ2n) is 26.6. The Balaban J connectivity index is 5.41. The smallest absolute Gasteiger partial charge is 0.462 e. The molecule has 5 unspecified atom stereocenters. The van der Waals surface area contributed by atoms with Crippen molar-refractivity contribution in [3.63, 3.8) is 0 Å². The fourth-order valence-corrected chi connectivity index (χ4v) is 12.2. The molecule has 0 amide bonds. The number of aliphatic hydroxyl groups excluding tert-OH is 1. The minimum atomic E-state index is -5.00. The van der Waals surface area contributed by atoms with Crippen LogP contribution in [0.4, 0.5) is 0 Å². The highest BCUT2D eigenvalue weighted by atomic mass is 31.2. The second kappa shape index (κ2) is 75.0. The number of esters is 4. The van der Waals surface area contributed by atoms with Crippen LogP contribution in [0.25, 0.3) is 0 Å². The van der Waals surface area contributed by atoms with Crippen molar-refractivity contribution >= 4 is 39.5 Å². The van der Waals surface area contributed by atoms with E-state index in [0.717, 1.165) is 135 Å². The van der Waals surface area contributed by atoms with Crippen LogP contribution in [0.2, 0.25) is 0 Å². The third-order valence-electron chi connectivity index (χ3n) is 16.7. The third kappa shape index (κ3) is 74.0. The SMILES string of the molecule is CC/C=C\C/C=C\C/C=C\C/C=C\C/C=C\C/C=C\CCC(=O)OCC(COP(=O)(O)OCC(O)COP(=O)(O)OCC(COC(=O)CCCCCCCCCCCCCCCCC)OC(=O)CCCCCCC/C=C\CCCCCC)OC(=O)CCCCCCC/C=C\C/C=C\CCCCC. The third-order valence-corrected chi connectivity index (χ3v) is 18.6. The van der Waals surface area contributed by atoms with Crippen LogP contribution in [0, 0.1) is 0 Å². The van der Waals surface area contributed by atoms with Crippen LogP contribution in [0.1, 0.15) is 336 Å². The molecule has 102 heavy (non-hydrogen) atoms. The van der Waals surface area contributed by atoms with Gasteiger partial charge in [-0.2, -0.15) is 0 Å². The topological polar surface area (TPSA) is 237 Å². The number of allylic oxidation sites excluding steroid dienone is 18. The van der Waals surface area contributed by atoms with Gasteiger partial charge >= 0.3 is 39.5 Å². The molecule has 0 radical (unpaired) electrons. The molecule has 0 aliphatic carbocycles. The fourth-order valence-electron chi connectivity index (χ4n) is 10.6. The van der Waals surface area contributed by atoms with Crippen molar-refractivity contribution < 1.29 is 80.2 Å². The van der Waals surface area contributed by atoms with Crippen LogP contribution < -0.4 is 0 Å². The van der Waals surface area contributed by atoms with Gasteiger partial charge in [0.05, 0.1) is 26.4 Å². The molecular weight excluding hydrogens is 1330 g/mol. The number of hydrogen-bond acceptors (Lipinski definition) is 15. The van der Waals surface area contributed by atoms with Gasteiger partial charge in [-0.25, -0.2) is 9.13 Å². The number of phosphoric acid groups is 2. The summed E-state index contributed by atoms with van der Waals surface area (Å²) in [5, 5.41) is 10.6. The van der Waals surface area contributed by atoms with Gasteiger partial charge in [0, 0.05) is 25.7 Å². The summed E-state index contributed by atoms with van der Waals surface area (Å²) in [6.45, 7) is 4.65. The van der Waals surface area contributed by atoms with Crippen LogP contribution in [-0.4, -0.2) is 96.7 Å². The number of rotatable bonds is 75. The van der Waals surface area contributed by atoms with Crippen molar-refractivity contribution in [2.45, 2.75) is 354 Å². The molecule has 0 aromatic carbocycles. The van der Waals surface area contributed by atoms with E-state index in [-0.39, 0.29) is 25.7 Å². The predicted octanol–water partition coefficient (Wildman–Crippen LogP) is 23.3. The maximum Gasteiger partial charge on any atom is 0.472 e. The highest BCUT2D eigenvalue weighted by Crippen LogP contribution is 2.45. The lowest BCUT2D eigenvalue weighted by atomic mass is 10.0. The van der Waals surface area contributed by atoms with Crippen LogP contribution in [-0.2, 0) is 65.4 Å². The van der Waals surface area contributed by atoms with Gasteiger partial charge in [0.15, 0.2) is 12.2 Å². The highest BCUT2D eigenvalue weighted by Gasteiger charge is 2.30. The zero-order valence-corrected chi connectivity index (χ0v) is 66.0. The minimum Gasteiger partial charge on any atom is -0.462 e. The summed E-state index contributed by atoms with van der Waals surface area (Å²) < 4.78 is 68.5. The van der Waals surface area contributed by atoms with E-state index in [2.05, 4.69) is 119 Å². The van der Waals surface area contributed by atoms with Crippen molar-refractivity contribution in [1.29, 1.82) is 0 Å². The molecule has 0 rings (SSSR count). The lowest BCUT2D eigenvalue weighted by molar-refractivity contribution is -0.161. The Morgan fingerprint density at radius 1 is 0.284 bits per heavy atom. The zero-order chi connectivity index (χ0) is 74.6. The van der Waals surface area contributed by atoms with Crippen LogP contribution in [0.3, 0.4) is 0 Å². The molecule has 0 aliphatic heterocycles. The summed E-state index contributed by atoms with van der Waals surface area (Å²) >= 11 is 0. The number of hydrogen-bond donors (Lipinski definition) is 3. The van der Waals surface area contributed by atoms with Crippen molar-refractivity contribution in [1.82, 2.24) is 0 Å². The van der Waals surface area contributed by atoms with E-state index >= 15 is 0 Å². The molecule has 19 heteroatoms. The molecule has 17 nitrogen and oxygen atoms in total. The molecule has 0 aromatic heterocycles. The van der Waals surface area contributed by atoms with Gasteiger partial charge in [-0.3, -0.25) is 37.3 Å². The standard InChI is InChI=1S/C83H144O17P2/c1-5-9-13-17-21-25-29-33-36-37-38-39-42-45-48-52-56-60-64-68-81(86)94-74-79(100-83(88)70-66-62-58-54-50-46-41-35-31-27-23-19-15-11-7-3)76-98-102(91,92)96-72-77(84)71-95-101(89,90)97-75-78(99-82(87)69-65-61-57-53-49-43-32-28-24-20-16-12-8-4)73-93-80(85)67-63-59-55-51-47-44-40-34-30-26-22-18-14-10-6-2/h9,13,21,23,25,27-28,32-33,35-36,38-39,41,45,48,56,60,77-79,84H,5-8,10-12,14-20,22,24,26,29-31,34,37,40,42-44,46-47,49-55,57-59,61-76H2,1-4H3,(H,89,90)(H,91,92)/b13-9-,25-21-,27-23-,32-28-,36-33-,39-38-,41-35-,48-45-,60-56-. The van der Waals surface area contributed by atoms with E-state index in [9.17, 15) is 43.2 Å². The minimum absolute atomic E-state index is 0.0321. The fraction of sp³-hybridized carbons (Fsp3) is 0.735. The lowest BCUT2D eigenvalue weighted by Crippen LogP contribution is -2.30. The molecule has 0 spiro atoms. The van der Waals surface area contributed by atoms with E-state index < -0.39 is 97.5 Å². The van der Waals surface area contributed by atoms with Crippen LogP contribution in [0.15, 0.2) is 109 Å². The quantitative estimate of drug-likeness (QED) is 0.0169. The number of phosphoric ester groups is 2. The van der Waals surface area contributed by atoms with Gasteiger partial charge in [-0.15, -0.1) is 0 Å². The number of ether oxygens (including phenoxy) is 4. The largest absolute Gasteiger partial charge is 0.472 e. The van der Waals surface area contributed by atoms with Crippen molar-refractivity contribution in [2.24, 2.45) is 0 Å². The van der Waals surface area contributed by atoms with E-state index in [1.807, 2.05) is 18.2 Å². The summed E-state index contributed by atoms with van der Waals surface area (Å²) in [4.78, 5) is 73.0. The first-order chi connectivity index (χ1) is 49.7. The first-order valence-corrected chi connectivity index (χ1v) is 43.1. The van der Waals surface area contributed by atoms with Gasteiger partial charge in [0.2, 0.25) is 0 Å². The van der Waals surface area contributed by atoms with Crippen molar-refractivity contribution in [2.75, 3.05) is 39.6 Å². The Kier molecular flexibility index (Phi) is 71.8. The monoisotopic (exact) mass is 1470 g/mol. The molecule has 3 N–H and O–H groups in total. The number of aliphatic hydroxyl groups is 1. The molecule has 588 valence electrons. The first kappa shape index (κ1) is 97.7. The van der Waals surface area contributed by atoms with Gasteiger partial charge in [0.1, 0.15) is 19.3 Å². The van der Waals surface area contributed by atoms with Gasteiger partial charge in [-0.05, 0) is 122 Å². The molecule has 0 saturated carbocycles. The maximum atomic E-state index is 13.1. The Morgan fingerprint density at radius 2 is 0.529 bits per heavy atom. The molecule has 0 bridgehead atoms. The molecule has 0 fully saturated rings. The zero-order valence-electron chi connectivity index (χ0n) is 64.3. The van der Waals surface area contributed by atoms with Gasteiger partial charge in [0.25, 0.3) is 0 Å². The lowest BCUT2D eigenvalue weighted by Gasteiger charge is -2.21. The molecule has 0 heterocycles. The van der Waals surface area contributed by atoms with E-state index in [0.29, 0.717) is 32.1 Å².